The summed E-state index contributed by atoms with van der Waals surface area (Å²) < 4.78 is 28.1. The van der Waals surface area contributed by atoms with Crippen LogP contribution in [-0.2, 0) is 16.4 Å². The Balaban J connectivity index is 1.44. The minimum atomic E-state index is -3.59. The van der Waals surface area contributed by atoms with Crippen molar-refractivity contribution in [3.63, 3.8) is 0 Å². The normalized spacial score (nSPS) is 14.9. The molecule has 0 unspecified atom stereocenters. The van der Waals surface area contributed by atoms with E-state index in [-0.39, 0.29) is 16.8 Å². The van der Waals surface area contributed by atoms with E-state index in [2.05, 4.69) is 29.4 Å². The summed E-state index contributed by atoms with van der Waals surface area (Å²) in [5.74, 6) is -0.314. The maximum absolute atomic E-state index is 13.2. The third-order valence-electron chi connectivity index (χ3n) is 6.40. The maximum Gasteiger partial charge on any atom is 0.257 e. The molecule has 1 aliphatic rings. The van der Waals surface area contributed by atoms with Crippen LogP contribution in [0.1, 0.15) is 61.9 Å². The molecule has 0 radical (unpaired) electrons. The van der Waals surface area contributed by atoms with Crippen LogP contribution in [-0.4, -0.2) is 36.2 Å². The average Bonchev–Trinajstić information content (AvgIpc) is 3.33. The Hall–Kier alpha value is -2.55. The Morgan fingerprint density at radius 3 is 2.32 bits per heavy atom. The Bertz CT molecular complexity index is 1210. The first kappa shape index (κ1) is 24.6. The van der Waals surface area contributed by atoms with E-state index in [0.29, 0.717) is 17.2 Å². The summed E-state index contributed by atoms with van der Waals surface area (Å²) >= 11 is 1.36. The first-order valence-corrected chi connectivity index (χ1v) is 14.2. The summed E-state index contributed by atoms with van der Waals surface area (Å²) in [7, 11) is -3.59. The third kappa shape index (κ3) is 5.40. The van der Waals surface area contributed by atoms with E-state index in [1.54, 1.807) is 16.4 Å². The van der Waals surface area contributed by atoms with E-state index in [1.807, 2.05) is 24.4 Å². The number of aryl methyl sites for hydroxylation is 1. The molecule has 0 saturated heterocycles. The number of carbonyl (C=O) groups excluding carboxylic acids is 1. The van der Waals surface area contributed by atoms with Crippen LogP contribution in [0.2, 0.25) is 0 Å². The summed E-state index contributed by atoms with van der Waals surface area (Å²) in [5, 5.41) is 5.24. The topological polar surface area (TPSA) is 79.4 Å². The zero-order chi connectivity index (χ0) is 24.1. The largest absolute Gasteiger partial charge is 0.298 e. The van der Waals surface area contributed by atoms with Gasteiger partial charge in [0.2, 0.25) is 10.0 Å². The number of thiazole rings is 1. The number of hydrogen-bond acceptors (Lipinski definition) is 5. The summed E-state index contributed by atoms with van der Waals surface area (Å²) in [6, 6.07) is 14.5. The second-order valence-corrected chi connectivity index (χ2v) is 11.3. The van der Waals surface area contributed by atoms with Crippen LogP contribution < -0.4 is 5.32 Å². The predicted molar refractivity (Wildman–Crippen MR) is 138 cm³/mol. The second-order valence-electron chi connectivity index (χ2n) is 8.57. The van der Waals surface area contributed by atoms with Crippen LogP contribution in [0.15, 0.2) is 58.8 Å². The molecule has 1 aliphatic carbocycles. The molecule has 1 N–H and O–H groups in total. The zero-order valence-electron chi connectivity index (χ0n) is 19.7. The molecule has 4 rings (SSSR count). The van der Waals surface area contributed by atoms with E-state index in [9.17, 15) is 13.2 Å². The number of hydrogen-bond donors (Lipinski definition) is 1. The lowest BCUT2D eigenvalue weighted by atomic mass is 9.95. The number of sulfonamides is 1. The van der Waals surface area contributed by atoms with Gasteiger partial charge in [0.25, 0.3) is 5.91 Å². The summed E-state index contributed by atoms with van der Waals surface area (Å²) in [6.07, 6.45) is 6.11. The fourth-order valence-corrected chi connectivity index (χ4v) is 6.86. The van der Waals surface area contributed by atoms with Crippen molar-refractivity contribution in [3.8, 4) is 11.3 Å². The lowest BCUT2D eigenvalue weighted by Crippen LogP contribution is -2.41. The molecule has 0 atom stereocenters. The quantitative estimate of drug-likeness (QED) is 0.416. The Morgan fingerprint density at radius 1 is 1.03 bits per heavy atom. The summed E-state index contributed by atoms with van der Waals surface area (Å²) in [4.78, 5) is 17.5. The minimum absolute atomic E-state index is 0.0593. The monoisotopic (exact) mass is 497 g/mol. The molecule has 0 bridgehead atoms. The van der Waals surface area contributed by atoms with Gasteiger partial charge < -0.3 is 0 Å². The lowest BCUT2D eigenvalue weighted by Gasteiger charge is -2.32. The number of nitrogens with zero attached hydrogens (tertiary/aromatic N) is 2. The average molecular weight is 498 g/mol. The molecule has 6 nitrogen and oxygen atoms in total. The highest BCUT2D eigenvalue weighted by Crippen LogP contribution is 2.28. The van der Waals surface area contributed by atoms with Gasteiger partial charge in [0.15, 0.2) is 5.13 Å². The van der Waals surface area contributed by atoms with Gasteiger partial charge in [-0.2, -0.15) is 4.31 Å². The molecule has 1 heterocycles. The smallest absolute Gasteiger partial charge is 0.257 e. The molecule has 1 saturated carbocycles. The molecule has 180 valence electrons. The van der Waals surface area contributed by atoms with Gasteiger partial charge in [-0.25, -0.2) is 13.4 Å². The van der Waals surface area contributed by atoms with Crippen LogP contribution in [0.5, 0.6) is 0 Å². The highest BCUT2D eigenvalue weighted by molar-refractivity contribution is 7.89. The number of amides is 1. The molecule has 0 aliphatic heterocycles. The van der Waals surface area contributed by atoms with Crippen molar-refractivity contribution in [3.05, 3.63) is 65.0 Å². The number of anilines is 1. The van der Waals surface area contributed by atoms with Gasteiger partial charge in [0.1, 0.15) is 0 Å². The number of benzene rings is 2. The SMILES string of the molecule is CCc1ccc(-c2csc(NC(=O)c3ccc(S(=O)(=O)N(CC)C4CCCCC4)cc3)n2)cc1. The van der Waals surface area contributed by atoms with Gasteiger partial charge >= 0.3 is 0 Å². The fraction of sp³-hybridized carbons (Fsp3) is 0.385. The fourth-order valence-electron chi connectivity index (χ4n) is 4.45. The molecular weight excluding hydrogens is 466 g/mol. The lowest BCUT2D eigenvalue weighted by molar-refractivity contribution is 0.102. The number of aromatic nitrogens is 1. The molecule has 8 heteroatoms. The van der Waals surface area contributed by atoms with Crippen molar-refractivity contribution in [2.75, 3.05) is 11.9 Å². The van der Waals surface area contributed by atoms with Gasteiger partial charge in [-0.3, -0.25) is 10.1 Å². The predicted octanol–water partition coefficient (Wildman–Crippen LogP) is 5.97. The summed E-state index contributed by atoms with van der Waals surface area (Å²) in [6.45, 7) is 4.45. The first-order chi connectivity index (χ1) is 16.4. The molecule has 3 aromatic rings. The third-order valence-corrected chi connectivity index (χ3v) is 9.20. The van der Waals surface area contributed by atoms with Crippen molar-refractivity contribution in [1.29, 1.82) is 0 Å². The Morgan fingerprint density at radius 2 is 1.71 bits per heavy atom. The van der Waals surface area contributed by atoms with E-state index in [0.717, 1.165) is 43.4 Å². The van der Waals surface area contributed by atoms with E-state index < -0.39 is 10.0 Å². The molecule has 1 fully saturated rings. The van der Waals surface area contributed by atoms with Gasteiger partial charge in [-0.1, -0.05) is 57.4 Å². The number of nitrogens with one attached hydrogen (secondary N) is 1. The van der Waals surface area contributed by atoms with Gasteiger partial charge in [0, 0.05) is 29.1 Å². The van der Waals surface area contributed by atoms with Crippen molar-refractivity contribution in [2.45, 2.75) is 63.3 Å². The molecule has 1 amide bonds. The first-order valence-electron chi connectivity index (χ1n) is 11.9. The van der Waals surface area contributed by atoms with E-state index in [4.69, 9.17) is 0 Å². The molecule has 1 aromatic heterocycles. The van der Waals surface area contributed by atoms with E-state index >= 15 is 0 Å². The van der Waals surface area contributed by atoms with Crippen LogP contribution >= 0.6 is 11.3 Å². The van der Waals surface area contributed by atoms with Crippen LogP contribution in [0.3, 0.4) is 0 Å². The second kappa shape index (κ2) is 10.8. The molecular formula is C26H31N3O3S2. The van der Waals surface area contributed by atoms with E-state index in [1.165, 1.54) is 35.5 Å². The van der Waals surface area contributed by atoms with Gasteiger partial charge in [-0.15, -0.1) is 11.3 Å². The van der Waals surface area contributed by atoms with Crippen molar-refractivity contribution < 1.29 is 13.2 Å². The molecule has 2 aromatic carbocycles. The summed E-state index contributed by atoms with van der Waals surface area (Å²) in [5.41, 5.74) is 3.47. The molecule has 0 spiro atoms. The van der Waals surface area contributed by atoms with Crippen molar-refractivity contribution in [2.24, 2.45) is 0 Å². The highest BCUT2D eigenvalue weighted by Gasteiger charge is 2.31. The van der Waals surface area contributed by atoms with Crippen LogP contribution in [0.25, 0.3) is 11.3 Å². The Labute approximate surface area is 206 Å². The standard InChI is InChI=1S/C26H31N3O3S2/c1-3-19-10-12-20(13-11-19)24-18-33-26(27-24)28-25(30)21-14-16-23(17-15-21)34(31,32)29(4-2)22-8-6-5-7-9-22/h10-18,22H,3-9H2,1-2H3,(H,27,28,30). The number of rotatable bonds is 8. The van der Waals surface area contributed by atoms with Crippen LogP contribution in [0.4, 0.5) is 5.13 Å². The van der Waals surface area contributed by atoms with Gasteiger partial charge in [-0.05, 0) is 49.1 Å². The molecule has 34 heavy (non-hydrogen) atoms. The van der Waals surface area contributed by atoms with Crippen molar-refractivity contribution in [1.82, 2.24) is 9.29 Å². The maximum atomic E-state index is 13.2. The van der Waals surface area contributed by atoms with Crippen molar-refractivity contribution >= 4 is 32.4 Å². The number of carbonyl (C=O) groups is 1. The zero-order valence-corrected chi connectivity index (χ0v) is 21.3. The highest BCUT2D eigenvalue weighted by atomic mass is 32.2. The van der Waals surface area contributed by atoms with Gasteiger partial charge in [0.05, 0.1) is 10.6 Å². The Kier molecular flexibility index (Phi) is 7.80. The van der Waals surface area contributed by atoms with Crippen LogP contribution in [0, 0.1) is 0 Å². The minimum Gasteiger partial charge on any atom is -0.298 e.